The van der Waals surface area contributed by atoms with E-state index in [-0.39, 0.29) is 17.9 Å². The Balaban J connectivity index is 3.24. The molecule has 1 aromatic rings. The SMILES string of the molecule is [CH2]COc1cc(C)c(F)c(F)c1F. The predicted octanol–water partition coefficient (Wildman–Crippen LogP) is 2.63. The van der Waals surface area contributed by atoms with Crippen molar-refractivity contribution < 1.29 is 17.9 Å². The maximum absolute atomic E-state index is 12.9. The molecule has 1 nitrogen and oxygen atoms in total. The molecule has 0 spiro atoms. The zero-order valence-electron chi connectivity index (χ0n) is 7.03. The van der Waals surface area contributed by atoms with Crippen LogP contribution in [-0.4, -0.2) is 6.61 Å². The Morgan fingerprint density at radius 3 is 2.38 bits per heavy atom. The smallest absolute Gasteiger partial charge is 0.203 e. The van der Waals surface area contributed by atoms with Gasteiger partial charge < -0.3 is 4.74 Å². The minimum atomic E-state index is -1.51. The molecule has 0 aliphatic carbocycles. The van der Waals surface area contributed by atoms with Gasteiger partial charge in [0.25, 0.3) is 0 Å². The Bertz CT molecular complexity index is 323. The fraction of sp³-hybridized carbons (Fsp3) is 0.222. The lowest BCUT2D eigenvalue weighted by molar-refractivity contribution is 0.324. The molecule has 0 saturated heterocycles. The molecule has 0 saturated carbocycles. The number of halogens is 3. The summed E-state index contributed by atoms with van der Waals surface area (Å²) < 4.78 is 43.0. The third kappa shape index (κ3) is 1.76. The van der Waals surface area contributed by atoms with Crippen LogP contribution in [0.25, 0.3) is 0 Å². The van der Waals surface area contributed by atoms with E-state index in [1.165, 1.54) is 6.92 Å². The highest BCUT2D eigenvalue weighted by Crippen LogP contribution is 2.24. The zero-order chi connectivity index (χ0) is 10.0. The van der Waals surface area contributed by atoms with E-state index in [0.717, 1.165) is 6.07 Å². The van der Waals surface area contributed by atoms with Crippen LogP contribution in [0.3, 0.4) is 0 Å². The van der Waals surface area contributed by atoms with Crippen LogP contribution < -0.4 is 4.74 Å². The van der Waals surface area contributed by atoms with Gasteiger partial charge in [-0.05, 0) is 25.5 Å². The normalized spacial score (nSPS) is 10.2. The largest absolute Gasteiger partial charge is 0.490 e. The van der Waals surface area contributed by atoms with Crippen molar-refractivity contribution in [2.75, 3.05) is 6.61 Å². The van der Waals surface area contributed by atoms with Gasteiger partial charge in [0.05, 0.1) is 6.61 Å². The predicted molar refractivity (Wildman–Crippen MR) is 41.9 cm³/mol. The van der Waals surface area contributed by atoms with Gasteiger partial charge in [0.2, 0.25) is 5.82 Å². The number of rotatable bonds is 2. The lowest BCUT2D eigenvalue weighted by atomic mass is 10.2. The minimum Gasteiger partial charge on any atom is -0.490 e. The number of hydrogen-bond acceptors (Lipinski definition) is 1. The number of hydrogen-bond donors (Lipinski definition) is 0. The van der Waals surface area contributed by atoms with Crippen molar-refractivity contribution in [1.29, 1.82) is 0 Å². The topological polar surface area (TPSA) is 9.23 Å². The van der Waals surface area contributed by atoms with Crippen molar-refractivity contribution in [3.63, 3.8) is 0 Å². The fourth-order valence-electron chi connectivity index (χ4n) is 0.916. The van der Waals surface area contributed by atoms with Crippen LogP contribution >= 0.6 is 0 Å². The zero-order valence-corrected chi connectivity index (χ0v) is 7.03. The maximum Gasteiger partial charge on any atom is 0.203 e. The molecular weight excluding hydrogens is 181 g/mol. The summed E-state index contributed by atoms with van der Waals surface area (Å²) in [5, 5.41) is 0. The van der Waals surface area contributed by atoms with E-state index in [9.17, 15) is 13.2 Å². The number of aryl methyl sites for hydroxylation is 1. The first kappa shape index (κ1) is 9.89. The average molecular weight is 189 g/mol. The maximum atomic E-state index is 12.9. The molecule has 4 heteroatoms. The molecular formula is C9H8F3O. The molecule has 0 N–H and O–H groups in total. The second-order valence-electron chi connectivity index (χ2n) is 2.48. The van der Waals surface area contributed by atoms with E-state index >= 15 is 0 Å². The van der Waals surface area contributed by atoms with E-state index in [1.54, 1.807) is 0 Å². The van der Waals surface area contributed by atoms with Gasteiger partial charge in [0, 0.05) is 0 Å². The fourth-order valence-corrected chi connectivity index (χ4v) is 0.916. The highest BCUT2D eigenvalue weighted by molar-refractivity contribution is 5.32. The summed E-state index contributed by atoms with van der Waals surface area (Å²) in [6.45, 7) is 4.59. The monoisotopic (exact) mass is 189 g/mol. The highest BCUT2D eigenvalue weighted by atomic mass is 19.2. The first-order chi connectivity index (χ1) is 6.07. The molecule has 0 amide bonds. The summed E-state index contributed by atoms with van der Waals surface area (Å²) >= 11 is 0. The standard InChI is InChI=1S/C9H8F3O/c1-3-13-6-4-5(2)7(10)9(12)8(6)11/h4H,1,3H2,2H3. The molecule has 1 rings (SSSR count). The molecule has 0 aliphatic heterocycles. The van der Waals surface area contributed by atoms with Crippen molar-refractivity contribution in [3.05, 3.63) is 36.0 Å². The molecule has 1 aromatic carbocycles. The lowest BCUT2D eigenvalue weighted by Gasteiger charge is -2.07. The molecule has 0 aromatic heterocycles. The summed E-state index contributed by atoms with van der Waals surface area (Å²) in [5.41, 5.74) is 0.00218. The third-order valence-corrected chi connectivity index (χ3v) is 1.55. The number of benzene rings is 1. The summed E-state index contributed by atoms with van der Waals surface area (Å²) in [4.78, 5) is 0. The van der Waals surface area contributed by atoms with Gasteiger partial charge in [-0.15, -0.1) is 0 Å². The molecule has 0 unspecified atom stereocenters. The lowest BCUT2D eigenvalue weighted by Crippen LogP contribution is -2.01. The molecule has 71 valence electrons. The van der Waals surface area contributed by atoms with E-state index < -0.39 is 17.5 Å². The summed E-state index contributed by atoms with van der Waals surface area (Å²) in [7, 11) is 0. The van der Waals surface area contributed by atoms with E-state index in [4.69, 9.17) is 0 Å². The molecule has 0 aliphatic rings. The van der Waals surface area contributed by atoms with Crippen molar-refractivity contribution in [2.45, 2.75) is 6.92 Å². The molecule has 0 bridgehead atoms. The second-order valence-corrected chi connectivity index (χ2v) is 2.48. The van der Waals surface area contributed by atoms with Gasteiger partial charge in [-0.1, -0.05) is 0 Å². The molecule has 1 radical (unpaired) electrons. The Hall–Kier alpha value is -1.19. The van der Waals surface area contributed by atoms with Crippen LogP contribution in [0.4, 0.5) is 13.2 Å². The van der Waals surface area contributed by atoms with Gasteiger partial charge >= 0.3 is 0 Å². The van der Waals surface area contributed by atoms with E-state index in [0.29, 0.717) is 0 Å². The van der Waals surface area contributed by atoms with Gasteiger partial charge in [0.15, 0.2) is 17.4 Å². The Kier molecular flexibility index (Phi) is 2.80. The third-order valence-electron chi connectivity index (χ3n) is 1.55. The van der Waals surface area contributed by atoms with Gasteiger partial charge in [-0.3, -0.25) is 0 Å². The first-order valence-electron chi connectivity index (χ1n) is 3.64. The molecule has 0 heterocycles. The molecule has 13 heavy (non-hydrogen) atoms. The van der Waals surface area contributed by atoms with Crippen LogP contribution in [-0.2, 0) is 0 Å². The quantitative estimate of drug-likeness (QED) is 0.650. The Labute approximate surface area is 74.1 Å². The summed E-state index contributed by atoms with van der Waals surface area (Å²) in [6.07, 6.45) is 0. The Morgan fingerprint density at radius 1 is 1.23 bits per heavy atom. The van der Waals surface area contributed by atoms with E-state index in [1.807, 2.05) is 0 Å². The van der Waals surface area contributed by atoms with Gasteiger partial charge in [-0.25, -0.2) is 8.78 Å². The molecule has 0 fully saturated rings. The van der Waals surface area contributed by atoms with Crippen molar-refractivity contribution in [1.82, 2.24) is 0 Å². The van der Waals surface area contributed by atoms with Crippen molar-refractivity contribution in [3.8, 4) is 5.75 Å². The molecule has 0 atom stereocenters. The number of ether oxygens (including phenoxy) is 1. The summed E-state index contributed by atoms with van der Waals surface area (Å²) in [6, 6.07) is 1.10. The van der Waals surface area contributed by atoms with Gasteiger partial charge in [0.1, 0.15) is 0 Å². The van der Waals surface area contributed by atoms with Crippen LogP contribution in [0.5, 0.6) is 5.75 Å². The summed E-state index contributed by atoms with van der Waals surface area (Å²) in [5.74, 6) is -4.32. The average Bonchev–Trinajstić information content (AvgIpc) is 2.11. The highest BCUT2D eigenvalue weighted by Gasteiger charge is 2.16. The van der Waals surface area contributed by atoms with Crippen LogP contribution in [0.1, 0.15) is 5.56 Å². The van der Waals surface area contributed by atoms with Crippen LogP contribution in [0.15, 0.2) is 6.07 Å². The van der Waals surface area contributed by atoms with Crippen molar-refractivity contribution >= 4 is 0 Å². The van der Waals surface area contributed by atoms with Crippen LogP contribution in [0.2, 0.25) is 0 Å². The van der Waals surface area contributed by atoms with E-state index in [2.05, 4.69) is 11.7 Å². The Morgan fingerprint density at radius 2 is 1.85 bits per heavy atom. The van der Waals surface area contributed by atoms with Crippen LogP contribution in [0, 0.1) is 31.3 Å². The minimum absolute atomic E-state index is 0.00218. The second kappa shape index (κ2) is 3.68. The first-order valence-corrected chi connectivity index (χ1v) is 3.64. The van der Waals surface area contributed by atoms with Gasteiger partial charge in [-0.2, -0.15) is 4.39 Å². The van der Waals surface area contributed by atoms with Crippen molar-refractivity contribution in [2.24, 2.45) is 0 Å².